The zero-order valence-electron chi connectivity index (χ0n) is 13.9. The number of rotatable bonds is 5. The first kappa shape index (κ1) is 17.2. The molecule has 3 rings (SSSR count). The van der Waals surface area contributed by atoms with E-state index in [0.717, 1.165) is 15.8 Å². The van der Waals surface area contributed by atoms with Gasteiger partial charge in [-0.15, -0.1) is 11.3 Å². The lowest BCUT2D eigenvalue weighted by molar-refractivity contribution is -0.0498. The molecule has 0 aliphatic rings. The average Bonchev–Trinajstić information content (AvgIpc) is 2.87. The van der Waals surface area contributed by atoms with Gasteiger partial charge in [0.25, 0.3) is 0 Å². The van der Waals surface area contributed by atoms with Crippen LogP contribution >= 0.6 is 11.3 Å². The summed E-state index contributed by atoms with van der Waals surface area (Å²) in [5.41, 5.74) is 5.37. The summed E-state index contributed by atoms with van der Waals surface area (Å²) in [7, 11) is 0. The molecule has 0 saturated heterocycles. The molecule has 25 heavy (non-hydrogen) atoms. The second-order valence-electron chi connectivity index (χ2n) is 5.40. The Morgan fingerprint density at radius 2 is 2.08 bits per heavy atom. The van der Waals surface area contributed by atoms with E-state index in [9.17, 15) is 8.78 Å². The molecule has 8 heteroatoms. The molecule has 0 spiro atoms. The molecule has 0 radical (unpaired) electrons. The van der Waals surface area contributed by atoms with Crippen molar-refractivity contribution in [3.8, 4) is 5.75 Å². The van der Waals surface area contributed by atoms with Crippen LogP contribution in [0.25, 0.3) is 10.2 Å². The van der Waals surface area contributed by atoms with Gasteiger partial charge >= 0.3 is 6.61 Å². The van der Waals surface area contributed by atoms with Crippen molar-refractivity contribution in [1.82, 2.24) is 9.97 Å². The molecule has 2 aromatic heterocycles. The Balaban J connectivity index is 1.87. The van der Waals surface area contributed by atoms with Gasteiger partial charge in [-0.1, -0.05) is 12.1 Å². The average molecular weight is 362 g/mol. The van der Waals surface area contributed by atoms with E-state index in [0.29, 0.717) is 17.1 Å². The quantitative estimate of drug-likeness (QED) is 0.526. The maximum absolute atomic E-state index is 12.3. The molecule has 130 valence electrons. The molecule has 1 aromatic carbocycles. The van der Waals surface area contributed by atoms with Crippen LogP contribution in [0.1, 0.15) is 22.9 Å². The molecule has 0 atom stereocenters. The van der Waals surface area contributed by atoms with Gasteiger partial charge in [0.1, 0.15) is 16.9 Å². The number of nitrogens with zero attached hydrogens (tertiary/aromatic N) is 3. The van der Waals surface area contributed by atoms with E-state index in [1.165, 1.54) is 23.3 Å². The van der Waals surface area contributed by atoms with Gasteiger partial charge in [-0.05, 0) is 38.5 Å². The Morgan fingerprint density at radius 1 is 1.28 bits per heavy atom. The summed E-state index contributed by atoms with van der Waals surface area (Å²) in [6.45, 7) is 2.97. The van der Waals surface area contributed by atoms with Gasteiger partial charge in [0.2, 0.25) is 0 Å². The molecule has 3 aromatic rings. The topological polar surface area (TPSA) is 59.4 Å². The molecule has 0 amide bonds. The van der Waals surface area contributed by atoms with E-state index in [1.54, 1.807) is 30.4 Å². The predicted molar refractivity (Wildman–Crippen MR) is 95.8 cm³/mol. The number of aromatic nitrogens is 2. The number of aryl methyl sites for hydroxylation is 2. The van der Waals surface area contributed by atoms with Gasteiger partial charge in [0.15, 0.2) is 5.82 Å². The fraction of sp³-hybridized carbons (Fsp3) is 0.235. The largest absolute Gasteiger partial charge is 0.435 e. The highest BCUT2D eigenvalue weighted by Crippen LogP contribution is 2.32. The van der Waals surface area contributed by atoms with Crippen LogP contribution < -0.4 is 10.2 Å². The van der Waals surface area contributed by atoms with Crippen LogP contribution in [0.15, 0.2) is 35.7 Å². The molecule has 0 fully saturated rings. The van der Waals surface area contributed by atoms with Crippen LogP contribution in [0.3, 0.4) is 0 Å². The number of benzene rings is 1. The minimum absolute atomic E-state index is 0.0933. The number of fused-ring (bicyclic) bond motifs is 1. The lowest BCUT2D eigenvalue weighted by Crippen LogP contribution is -2.04. The summed E-state index contributed by atoms with van der Waals surface area (Å²) >= 11 is 1.60. The van der Waals surface area contributed by atoms with Crippen LogP contribution in [0, 0.1) is 13.8 Å². The van der Waals surface area contributed by atoms with Crippen molar-refractivity contribution in [3.63, 3.8) is 0 Å². The monoisotopic (exact) mass is 362 g/mol. The van der Waals surface area contributed by atoms with Crippen molar-refractivity contribution in [3.05, 3.63) is 46.6 Å². The van der Waals surface area contributed by atoms with E-state index >= 15 is 0 Å². The predicted octanol–water partition coefficient (Wildman–Crippen LogP) is 4.75. The lowest BCUT2D eigenvalue weighted by Gasteiger charge is -2.07. The molecule has 0 aliphatic heterocycles. The highest BCUT2D eigenvalue weighted by atomic mass is 32.1. The van der Waals surface area contributed by atoms with Crippen molar-refractivity contribution in [1.29, 1.82) is 0 Å². The van der Waals surface area contributed by atoms with Gasteiger partial charge in [-0.3, -0.25) is 5.43 Å². The van der Waals surface area contributed by atoms with Gasteiger partial charge in [0.05, 0.1) is 11.1 Å². The van der Waals surface area contributed by atoms with E-state index in [2.05, 4.69) is 25.2 Å². The molecule has 0 bridgehead atoms. The number of thiophene rings is 1. The summed E-state index contributed by atoms with van der Waals surface area (Å²) in [4.78, 5) is 10.6. The fourth-order valence-corrected chi connectivity index (χ4v) is 3.36. The molecule has 0 unspecified atom stereocenters. The zero-order valence-corrected chi connectivity index (χ0v) is 14.7. The Labute approximate surface area is 147 Å². The number of hydrogen-bond acceptors (Lipinski definition) is 6. The molecule has 0 aliphatic carbocycles. The second kappa shape index (κ2) is 7.10. The molecule has 5 nitrogen and oxygen atoms in total. The van der Waals surface area contributed by atoms with E-state index in [1.807, 2.05) is 13.8 Å². The minimum Gasteiger partial charge on any atom is -0.435 e. The lowest BCUT2D eigenvalue weighted by atomic mass is 10.1. The standard InChI is InChI=1S/C17H16F2N4OS/c1-9-11(3)25-16-14(9)15(20-8-21-16)23-22-10(2)12-5-4-6-13(7-12)24-17(18)19/h4-8,17H,1-3H3,(H,20,21,23)/b22-10-. The zero-order chi connectivity index (χ0) is 18.0. The van der Waals surface area contributed by atoms with Crippen LogP contribution in [-0.2, 0) is 0 Å². The smallest absolute Gasteiger partial charge is 0.387 e. The summed E-state index contributed by atoms with van der Waals surface area (Å²) < 4.78 is 29.1. The molecular weight excluding hydrogens is 346 g/mol. The Hall–Kier alpha value is -2.61. The molecule has 2 heterocycles. The molecule has 1 N–H and O–H groups in total. The van der Waals surface area contributed by atoms with Gasteiger partial charge in [0, 0.05) is 10.4 Å². The summed E-state index contributed by atoms with van der Waals surface area (Å²) in [5, 5.41) is 5.26. The summed E-state index contributed by atoms with van der Waals surface area (Å²) in [5.74, 6) is 0.710. The Morgan fingerprint density at radius 3 is 2.84 bits per heavy atom. The Kier molecular flexibility index (Phi) is 4.89. The first-order chi connectivity index (χ1) is 12.0. The highest BCUT2D eigenvalue weighted by molar-refractivity contribution is 7.18. The fourth-order valence-electron chi connectivity index (χ4n) is 2.37. The molecule has 0 saturated carbocycles. The van der Waals surface area contributed by atoms with Crippen molar-refractivity contribution in [2.45, 2.75) is 27.4 Å². The number of anilines is 1. The van der Waals surface area contributed by atoms with Crippen LogP contribution in [0.5, 0.6) is 5.75 Å². The van der Waals surface area contributed by atoms with Crippen LogP contribution in [0.4, 0.5) is 14.6 Å². The minimum atomic E-state index is -2.86. The number of halogens is 2. The second-order valence-corrected chi connectivity index (χ2v) is 6.60. The maximum atomic E-state index is 12.3. The van der Waals surface area contributed by atoms with Gasteiger partial charge in [-0.2, -0.15) is 13.9 Å². The van der Waals surface area contributed by atoms with Gasteiger partial charge in [-0.25, -0.2) is 9.97 Å². The summed E-state index contributed by atoms with van der Waals surface area (Å²) in [6.07, 6.45) is 1.49. The van der Waals surface area contributed by atoms with Crippen molar-refractivity contribution >= 4 is 33.1 Å². The van der Waals surface area contributed by atoms with E-state index in [4.69, 9.17) is 0 Å². The number of hydrazone groups is 1. The van der Waals surface area contributed by atoms with Crippen molar-refractivity contribution in [2.24, 2.45) is 5.10 Å². The first-order valence-corrected chi connectivity index (χ1v) is 8.33. The maximum Gasteiger partial charge on any atom is 0.387 e. The number of alkyl halides is 2. The third-order valence-electron chi connectivity index (χ3n) is 3.77. The van der Waals surface area contributed by atoms with Gasteiger partial charge < -0.3 is 4.74 Å². The summed E-state index contributed by atoms with van der Waals surface area (Å²) in [6, 6.07) is 6.40. The first-order valence-electron chi connectivity index (χ1n) is 7.52. The normalized spacial score (nSPS) is 12.0. The third-order valence-corrected chi connectivity index (χ3v) is 4.89. The number of nitrogens with one attached hydrogen (secondary N) is 1. The van der Waals surface area contributed by atoms with Crippen molar-refractivity contribution in [2.75, 3.05) is 5.43 Å². The SMILES string of the molecule is C/C(=N/Nc1ncnc2sc(C)c(C)c12)c1cccc(OC(F)F)c1. The highest BCUT2D eigenvalue weighted by Gasteiger charge is 2.12. The number of ether oxygens (including phenoxy) is 1. The molecular formula is C17H16F2N4OS. The Bertz CT molecular complexity index is 940. The van der Waals surface area contributed by atoms with Crippen LogP contribution in [-0.4, -0.2) is 22.3 Å². The third kappa shape index (κ3) is 3.74. The number of hydrogen-bond donors (Lipinski definition) is 1. The van der Waals surface area contributed by atoms with Crippen LogP contribution in [0.2, 0.25) is 0 Å². The van der Waals surface area contributed by atoms with E-state index < -0.39 is 6.61 Å². The van der Waals surface area contributed by atoms with Crippen molar-refractivity contribution < 1.29 is 13.5 Å². The van der Waals surface area contributed by atoms with E-state index in [-0.39, 0.29) is 5.75 Å².